The van der Waals surface area contributed by atoms with Gasteiger partial charge in [0.2, 0.25) is 5.91 Å². The van der Waals surface area contributed by atoms with Crippen molar-refractivity contribution in [2.45, 2.75) is 16.4 Å². The van der Waals surface area contributed by atoms with Crippen LogP contribution in [0, 0.1) is 15.9 Å². The number of carbonyl (C=O) groups excluding carboxylic acids is 1. The van der Waals surface area contributed by atoms with Gasteiger partial charge in [0.1, 0.15) is 17.5 Å². The van der Waals surface area contributed by atoms with Crippen LogP contribution in [0.4, 0.5) is 28.9 Å². The molecule has 0 aliphatic carbocycles. The molecule has 8 nitrogen and oxygen atoms in total. The number of nitro groups is 1. The number of anilines is 1. The van der Waals surface area contributed by atoms with E-state index in [2.05, 4.69) is 5.32 Å². The molecule has 1 unspecified atom stereocenters. The van der Waals surface area contributed by atoms with E-state index in [0.717, 1.165) is 12.1 Å². The fourth-order valence-corrected chi connectivity index (χ4v) is 3.00. The molecule has 0 heterocycles. The van der Waals surface area contributed by atoms with E-state index in [0.29, 0.717) is 12.1 Å². The van der Waals surface area contributed by atoms with Crippen molar-refractivity contribution in [3.05, 3.63) is 64.0 Å². The molecule has 0 fully saturated rings. The molecule has 150 valence electrons. The standard InChI is InChI=1S/C15H11F4N3O5S/c16-9-3-1-8(2-4-9)13(14(20)23)21-11-6-5-10(7-12(11)22(24)25)28(26,27)15(17,18)19/h1-7,13,21H,(H2,20,23). The Morgan fingerprint density at radius 3 is 2.18 bits per heavy atom. The van der Waals surface area contributed by atoms with Crippen LogP contribution in [0.25, 0.3) is 0 Å². The van der Waals surface area contributed by atoms with Crippen molar-refractivity contribution in [2.24, 2.45) is 5.73 Å². The maximum absolute atomic E-state index is 13.0. The van der Waals surface area contributed by atoms with E-state index in [1.165, 1.54) is 12.1 Å². The van der Waals surface area contributed by atoms with Gasteiger partial charge in [-0.25, -0.2) is 12.8 Å². The fraction of sp³-hybridized carbons (Fsp3) is 0.133. The number of hydrogen-bond donors (Lipinski definition) is 2. The SMILES string of the molecule is NC(=O)C(Nc1ccc(S(=O)(=O)C(F)(F)F)cc1[N+](=O)[O-])c1ccc(F)cc1. The molecule has 1 amide bonds. The van der Waals surface area contributed by atoms with E-state index in [4.69, 9.17) is 5.73 Å². The van der Waals surface area contributed by atoms with Gasteiger partial charge in [-0.1, -0.05) is 12.1 Å². The lowest BCUT2D eigenvalue weighted by Gasteiger charge is -2.17. The van der Waals surface area contributed by atoms with Gasteiger partial charge >= 0.3 is 5.51 Å². The Balaban J connectivity index is 2.51. The van der Waals surface area contributed by atoms with Crippen molar-refractivity contribution in [1.29, 1.82) is 0 Å². The van der Waals surface area contributed by atoms with Crippen molar-refractivity contribution in [1.82, 2.24) is 0 Å². The number of alkyl halides is 3. The second kappa shape index (κ2) is 7.42. The third kappa shape index (κ3) is 4.19. The molecule has 28 heavy (non-hydrogen) atoms. The Hall–Kier alpha value is -3.22. The molecule has 0 aliphatic rings. The number of nitrogens with two attached hydrogens (primary N) is 1. The molecule has 0 saturated heterocycles. The van der Waals surface area contributed by atoms with E-state index in [1.807, 2.05) is 0 Å². The van der Waals surface area contributed by atoms with Crippen molar-refractivity contribution < 1.29 is 35.7 Å². The summed E-state index contributed by atoms with van der Waals surface area (Å²) < 4.78 is 73.9. The Labute approximate surface area is 155 Å². The van der Waals surface area contributed by atoms with Gasteiger partial charge in [-0.15, -0.1) is 0 Å². The summed E-state index contributed by atoms with van der Waals surface area (Å²) in [4.78, 5) is 20.4. The summed E-state index contributed by atoms with van der Waals surface area (Å²) in [5.41, 5.74) is -1.79. The summed E-state index contributed by atoms with van der Waals surface area (Å²) in [5, 5.41) is 13.6. The van der Waals surface area contributed by atoms with Gasteiger partial charge in [0.25, 0.3) is 15.5 Å². The molecule has 0 saturated carbocycles. The number of amides is 1. The highest BCUT2D eigenvalue weighted by Crippen LogP contribution is 2.35. The highest BCUT2D eigenvalue weighted by Gasteiger charge is 2.47. The summed E-state index contributed by atoms with van der Waals surface area (Å²) >= 11 is 0. The monoisotopic (exact) mass is 421 g/mol. The van der Waals surface area contributed by atoms with E-state index in [9.17, 15) is 40.9 Å². The second-order valence-electron chi connectivity index (χ2n) is 5.42. The molecule has 0 bridgehead atoms. The number of nitro benzene ring substituents is 1. The van der Waals surface area contributed by atoms with E-state index < -0.39 is 54.3 Å². The van der Waals surface area contributed by atoms with Crippen LogP contribution in [0.5, 0.6) is 0 Å². The average Bonchev–Trinajstić information content (AvgIpc) is 2.59. The first-order valence-electron chi connectivity index (χ1n) is 7.25. The molecule has 0 spiro atoms. The first-order chi connectivity index (χ1) is 12.8. The van der Waals surface area contributed by atoms with Gasteiger partial charge in [0.15, 0.2) is 0 Å². The van der Waals surface area contributed by atoms with Crippen molar-refractivity contribution in [2.75, 3.05) is 5.32 Å². The molecule has 0 radical (unpaired) electrons. The Kier molecular flexibility index (Phi) is 5.59. The lowest BCUT2D eigenvalue weighted by Crippen LogP contribution is -2.28. The number of primary amides is 1. The molecule has 2 aromatic rings. The highest BCUT2D eigenvalue weighted by atomic mass is 32.2. The van der Waals surface area contributed by atoms with Gasteiger partial charge in [-0.05, 0) is 29.8 Å². The van der Waals surface area contributed by atoms with Gasteiger partial charge in [-0.3, -0.25) is 14.9 Å². The lowest BCUT2D eigenvalue weighted by molar-refractivity contribution is -0.384. The number of carbonyl (C=O) groups is 1. The minimum Gasteiger partial charge on any atom is -0.368 e. The molecule has 13 heteroatoms. The van der Waals surface area contributed by atoms with Crippen LogP contribution in [-0.2, 0) is 14.6 Å². The van der Waals surface area contributed by atoms with Crippen LogP contribution in [0.15, 0.2) is 47.4 Å². The van der Waals surface area contributed by atoms with Crippen LogP contribution < -0.4 is 11.1 Å². The lowest BCUT2D eigenvalue weighted by atomic mass is 10.1. The van der Waals surface area contributed by atoms with Crippen molar-refractivity contribution in [3.63, 3.8) is 0 Å². The molecular formula is C15H11F4N3O5S. The maximum Gasteiger partial charge on any atom is 0.501 e. The predicted octanol–water partition coefficient (Wildman–Crippen LogP) is 2.67. The minimum absolute atomic E-state index is 0.121. The predicted molar refractivity (Wildman–Crippen MR) is 88.3 cm³/mol. The summed E-state index contributed by atoms with van der Waals surface area (Å²) in [7, 11) is -5.82. The van der Waals surface area contributed by atoms with Crippen molar-refractivity contribution in [3.8, 4) is 0 Å². The van der Waals surface area contributed by atoms with Gasteiger partial charge in [0, 0.05) is 6.07 Å². The zero-order valence-electron chi connectivity index (χ0n) is 13.6. The topological polar surface area (TPSA) is 132 Å². The van der Waals surface area contributed by atoms with Crippen LogP contribution in [0.3, 0.4) is 0 Å². The Bertz CT molecular complexity index is 1020. The molecule has 1 atom stereocenters. The smallest absolute Gasteiger partial charge is 0.368 e. The summed E-state index contributed by atoms with van der Waals surface area (Å²) in [6.07, 6.45) is 0. The third-order valence-electron chi connectivity index (χ3n) is 3.57. The quantitative estimate of drug-likeness (QED) is 0.419. The van der Waals surface area contributed by atoms with Gasteiger partial charge in [-0.2, -0.15) is 13.2 Å². The van der Waals surface area contributed by atoms with E-state index in [1.54, 1.807) is 0 Å². The molecule has 0 aliphatic heterocycles. The number of nitrogens with one attached hydrogen (secondary N) is 1. The highest BCUT2D eigenvalue weighted by molar-refractivity contribution is 7.92. The molecule has 2 aromatic carbocycles. The van der Waals surface area contributed by atoms with Crippen molar-refractivity contribution >= 4 is 27.1 Å². The molecule has 2 rings (SSSR count). The van der Waals surface area contributed by atoms with E-state index >= 15 is 0 Å². The van der Waals surface area contributed by atoms with Crippen LogP contribution >= 0.6 is 0 Å². The second-order valence-corrected chi connectivity index (χ2v) is 7.36. The van der Waals surface area contributed by atoms with E-state index in [-0.39, 0.29) is 11.6 Å². The Morgan fingerprint density at radius 1 is 1.14 bits per heavy atom. The molecule has 3 N–H and O–H groups in total. The zero-order valence-corrected chi connectivity index (χ0v) is 14.4. The molecular weight excluding hydrogens is 410 g/mol. The number of halogens is 4. The number of rotatable bonds is 6. The third-order valence-corrected chi connectivity index (χ3v) is 5.05. The Morgan fingerprint density at radius 2 is 1.71 bits per heavy atom. The van der Waals surface area contributed by atoms with Crippen LogP contribution in [-0.4, -0.2) is 24.8 Å². The first kappa shape index (κ1) is 21.1. The van der Waals surface area contributed by atoms with Crippen LogP contribution in [0.1, 0.15) is 11.6 Å². The number of sulfone groups is 1. The first-order valence-corrected chi connectivity index (χ1v) is 8.74. The number of hydrogen-bond acceptors (Lipinski definition) is 6. The minimum atomic E-state index is -5.82. The summed E-state index contributed by atoms with van der Waals surface area (Å²) in [5.74, 6) is -1.65. The normalized spacial score (nSPS) is 13.0. The van der Waals surface area contributed by atoms with Gasteiger partial charge in [0.05, 0.1) is 9.82 Å². The number of benzene rings is 2. The summed E-state index contributed by atoms with van der Waals surface area (Å²) in [6, 6.07) is 4.37. The average molecular weight is 421 g/mol. The molecule has 0 aromatic heterocycles. The maximum atomic E-state index is 13.0. The number of nitrogens with zero attached hydrogens (tertiary/aromatic N) is 1. The van der Waals surface area contributed by atoms with Crippen LogP contribution in [0.2, 0.25) is 0 Å². The summed E-state index contributed by atoms with van der Waals surface area (Å²) in [6.45, 7) is 0. The zero-order chi connectivity index (χ0) is 21.3. The fourth-order valence-electron chi connectivity index (χ4n) is 2.21. The largest absolute Gasteiger partial charge is 0.501 e. The van der Waals surface area contributed by atoms with Gasteiger partial charge < -0.3 is 11.1 Å².